The Morgan fingerprint density at radius 2 is 2.35 bits per heavy atom. The molecule has 1 saturated heterocycles. The predicted octanol–water partition coefficient (Wildman–Crippen LogP) is 3.18. The molecule has 0 aliphatic carbocycles. The Kier molecular flexibility index (Phi) is 10.2. The Morgan fingerprint density at radius 1 is 1.48 bits per heavy atom. The van der Waals surface area contributed by atoms with Gasteiger partial charge < -0.3 is 20.5 Å². The van der Waals surface area contributed by atoms with Crippen LogP contribution in [0.25, 0.3) is 0 Å². The van der Waals surface area contributed by atoms with E-state index in [0.29, 0.717) is 31.8 Å². The summed E-state index contributed by atoms with van der Waals surface area (Å²) < 4.78 is 11.1. The molecule has 1 aromatic carbocycles. The Bertz CT molecular complexity index is 477. The fraction of sp³-hybridized carbons (Fsp3) is 0.588. The van der Waals surface area contributed by atoms with Crippen LogP contribution in [0.3, 0.4) is 0 Å². The van der Waals surface area contributed by atoms with Crippen LogP contribution < -0.4 is 11.1 Å². The Labute approximate surface area is 156 Å². The van der Waals surface area contributed by atoms with E-state index in [0.717, 1.165) is 38.0 Å². The lowest BCUT2D eigenvalue weighted by atomic mass is 10.1. The van der Waals surface area contributed by atoms with Gasteiger partial charge in [0, 0.05) is 25.4 Å². The molecule has 0 saturated carbocycles. The average molecular weight is 433 g/mol. The fourth-order valence-electron chi connectivity index (χ4n) is 2.41. The van der Waals surface area contributed by atoms with Crippen molar-refractivity contribution in [1.29, 1.82) is 0 Å². The molecule has 1 aliphatic rings. The van der Waals surface area contributed by atoms with Gasteiger partial charge in [0.2, 0.25) is 0 Å². The molecule has 1 heterocycles. The minimum absolute atomic E-state index is 0. The van der Waals surface area contributed by atoms with Crippen molar-refractivity contribution in [3.05, 3.63) is 29.8 Å². The molecule has 2 rings (SSSR count). The molecule has 1 atom stereocenters. The summed E-state index contributed by atoms with van der Waals surface area (Å²) in [6, 6.07) is 8.20. The number of anilines is 1. The summed E-state index contributed by atoms with van der Waals surface area (Å²) in [5.74, 6) is 0.451. The minimum atomic E-state index is 0. The van der Waals surface area contributed by atoms with Crippen LogP contribution in [0.5, 0.6) is 0 Å². The molecular formula is C17H28IN3O2. The zero-order valence-corrected chi connectivity index (χ0v) is 16.1. The van der Waals surface area contributed by atoms with E-state index in [2.05, 4.69) is 29.4 Å². The molecule has 0 radical (unpaired) electrons. The predicted molar refractivity (Wildman–Crippen MR) is 106 cm³/mol. The third-order valence-corrected chi connectivity index (χ3v) is 3.66. The van der Waals surface area contributed by atoms with Gasteiger partial charge in [-0.15, -0.1) is 24.0 Å². The second-order valence-electron chi connectivity index (χ2n) is 5.51. The summed E-state index contributed by atoms with van der Waals surface area (Å²) >= 11 is 0. The average Bonchev–Trinajstić information content (AvgIpc) is 3.04. The van der Waals surface area contributed by atoms with Gasteiger partial charge in [-0.2, -0.15) is 0 Å². The summed E-state index contributed by atoms with van der Waals surface area (Å²) in [6.45, 7) is 5.06. The molecule has 0 aromatic heterocycles. The number of nitrogens with one attached hydrogen (secondary N) is 1. The number of aryl methyl sites for hydroxylation is 1. The molecule has 3 N–H and O–H groups in total. The molecule has 1 fully saturated rings. The molecule has 1 unspecified atom stereocenters. The lowest BCUT2D eigenvalue weighted by Gasteiger charge is -2.09. The van der Waals surface area contributed by atoms with Crippen LogP contribution >= 0.6 is 24.0 Å². The number of hydrogen-bond donors (Lipinski definition) is 2. The van der Waals surface area contributed by atoms with E-state index in [9.17, 15) is 0 Å². The Hall–Kier alpha value is -0.860. The van der Waals surface area contributed by atoms with Crippen molar-refractivity contribution >= 4 is 35.6 Å². The van der Waals surface area contributed by atoms with Crippen molar-refractivity contribution in [2.24, 2.45) is 10.7 Å². The number of guanidine groups is 1. The van der Waals surface area contributed by atoms with Crippen molar-refractivity contribution < 1.29 is 9.47 Å². The number of aliphatic imine (C=N–C) groups is 1. The summed E-state index contributed by atoms with van der Waals surface area (Å²) in [7, 11) is 0. The van der Waals surface area contributed by atoms with E-state index in [-0.39, 0.29) is 24.0 Å². The van der Waals surface area contributed by atoms with Gasteiger partial charge in [-0.25, -0.2) is 0 Å². The number of rotatable bonds is 8. The van der Waals surface area contributed by atoms with Crippen LogP contribution in [-0.2, 0) is 15.9 Å². The quantitative estimate of drug-likeness (QED) is 0.286. The first-order valence-electron chi connectivity index (χ1n) is 8.13. The second kappa shape index (κ2) is 11.6. The zero-order chi connectivity index (χ0) is 15.6. The van der Waals surface area contributed by atoms with Crippen molar-refractivity contribution in [1.82, 2.24) is 0 Å². The monoisotopic (exact) mass is 433 g/mol. The maximum Gasteiger partial charge on any atom is 0.193 e. The highest BCUT2D eigenvalue weighted by atomic mass is 127. The van der Waals surface area contributed by atoms with Crippen molar-refractivity contribution in [2.75, 3.05) is 31.7 Å². The van der Waals surface area contributed by atoms with Crippen molar-refractivity contribution in [3.8, 4) is 0 Å². The lowest BCUT2D eigenvalue weighted by Crippen LogP contribution is -2.23. The number of ether oxygens (including phenoxy) is 2. The Morgan fingerprint density at radius 3 is 3.09 bits per heavy atom. The normalized spacial score (nSPS) is 17.8. The molecule has 0 amide bonds. The first kappa shape index (κ1) is 20.2. The van der Waals surface area contributed by atoms with E-state index in [4.69, 9.17) is 15.2 Å². The van der Waals surface area contributed by atoms with Crippen LogP contribution in [0.4, 0.5) is 5.69 Å². The lowest BCUT2D eigenvalue weighted by molar-refractivity contribution is 0.0171. The smallest absolute Gasteiger partial charge is 0.193 e. The number of halogens is 1. The molecule has 23 heavy (non-hydrogen) atoms. The van der Waals surface area contributed by atoms with Crippen molar-refractivity contribution in [3.63, 3.8) is 0 Å². The molecule has 0 spiro atoms. The number of nitrogens with two attached hydrogens (primary N) is 1. The van der Waals surface area contributed by atoms with E-state index in [1.807, 2.05) is 12.1 Å². The number of nitrogens with zero attached hydrogens (tertiary/aromatic N) is 1. The van der Waals surface area contributed by atoms with E-state index in [1.165, 1.54) is 5.56 Å². The summed E-state index contributed by atoms with van der Waals surface area (Å²) in [4.78, 5) is 4.32. The van der Waals surface area contributed by atoms with Crippen LogP contribution in [0.1, 0.15) is 31.7 Å². The Balaban J connectivity index is 0.00000264. The van der Waals surface area contributed by atoms with E-state index in [1.54, 1.807) is 0 Å². The van der Waals surface area contributed by atoms with Crippen LogP contribution in [0.15, 0.2) is 29.3 Å². The first-order valence-corrected chi connectivity index (χ1v) is 8.13. The standard InChI is InChI=1S/C17H27N3O2.HI/c1-2-14-6-3-7-15(12-14)20-17(18)19-9-5-10-21-13-16-8-4-11-22-16;/h3,6-7,12,16H,2,4-5,8-11,13H2,1H3,(H3,18,19,20);1H. The third-order valence-electron chi connectivity index (χ3n) is 3.66. The van der Waals surface area contributed by atoms with Gasteiger partial charge in [0.15, 0.2) is 5.96 Å². The van der Waals surface area contributed by atoms with Crippen LogP contribution in [0, 0.1) is 0 Å². The molecule has 1 aliphatic heterocycles. The van der Waals surface area contributed by atoms with Crippen LogP contribution in [0.2, 0.25) is 0 Å². The van der Waals surface area contributed by atoms with Gasteiger partial charge in [0.05, 0.1) is 12.7 Å². The van der Waals surface area contributed by atoms with Crippen LogP contribution in [-0.4, -0.2) is 38.4 Å². The highest BCUT2D eigenvalue weighted by Crippen LogP contribution is 2.12. The molecule has 5 nitrogen and oxygen atoms in total. The van der Waals surface area contributed by atoms with Gasteiger partial charge in [0.25, 0.3) is 0 Å². The maximum absolute atomic E-state index is 5.89. The van der Waals surface area contributed by atoms with Gasteiger partial charge >= 0.3 is 0 Å². The van der Waals surface area contributed by atoms with Crippen molar-refractivity contribution in [2.45, 2.75) is 38.7 Å². The molecule has 1 aromatic rings. The van der Waals surface area contributed by atoms with Gasteiger partial charge in [-0.3, -0.25) is 4.99 Å². The SMILES string of the molecule is CCc1cccc(NC(N)=NCCCOCC2CCCO2)c1.I. The summed E-state index contributed by atoms with van der Waals surface area (Å²) in [5, 5.41) is 3.12. The molecular weight excluding hydrogens is 405 g/mol. The topological polar surface area (TPSA) is 68.9 Å². The summed E-state index contributed by atoms with van der Waals surface area (Å²) in [6.07, 6.45) is 4.44. The van der Waals surface area contributed by atoms with E-state index < -0.39 is 0 Å². The third kappa shape index (κ3) is 7.99. The largest absolute Gasteiger partial charge is 0.379 e. The highest BCUT2D eigenvalue weighted by Gasteiger charge is 2.14. The van der Waals surface area contributed by atoms with Gasteiger partial charge in [0.1, 0.15) is 0 Å². The fourth-order valence-corrected chi connectivity index (χ4v) is 2.41. The summed E-state index contributed by atoms with van der Waals surface area (Å²) in [5.41, 5.74) is 8.15. The van der Waals surface area contributed by atoms with Gasteiger partial charge in [-0.05, 0) is 43.4 Å². The van der Waals surface area contributed by atoms with Gasteiger partial charge in [-0.1, -0.05) is 19.1 Å². The maximum atomic E-state index is 5.89. The number of benzene rings is 1. The second-order valence-corrected chi connectivity index (χ2v) is 5.51. The zero-order valence-electron chi connectivity index (χ0n) is 13.8. The molecule has 6 heteroatoms. The van der Waals surface area contributed by atoms with E-state index >= 15 is 0 Å². The highest BCUT2D eigenvalue weighted by molar-refractivity contribution is 14.0. The molecule has 130 valence electrons. The minimum Gasteiger partial charge on any atom is -0.379 e. The first-order chi connectivity index (χ1) is 10.8. The molecule has 0 bridgehead atoms. The number of hydrogen-bond acceptors (Lipinski definition) is 3.